The molecule has 1 heterocycles. The summed E-state index contributed by atoms with van der Waals surface area (Å²) in [5, 5.41) is 6.97. The van der Waals surface area contributed by atoms with E-state index < -0.39 is 0 Å². The molecule has 0 aromatic heterocycles. The van der Waals surface area contributed by atoms with Crippen LogP contribution in [-0.4, -0.2) is 18.5 Å². The fraction of sp³-hybridized carbons (Fsp3) is 0.462. The molecule has 2 N–H and O–H groups in total. The molecule has 1 aliphatic heterocycles. The summed E-state index contributed by atoms with van der Waals surface area (Å²) in [7, 11) is 0. The van der Waals surface area contributed by atoms with Crippen molar-refractivity contribution in [1.29, 1.82) is 0 Å². The number of carbonyl (C=O) groups excluding carboxylic acids is 1. The molecule has 4 heteroatoms. The summed E-state index contributed by atoms with van der Waals surface area (Å²) in [6.07, 6.45) is 1.81. The Morgan fingerprint density at radius 3 is 2.71 bits per heavy atom. The minimum Gasteiger partial charge on any atom is -0.355 e. The predicted molar refractivity (Wildman–Crippen MR) is 69.0 cm³/mol. The van der Waals surface area contributed by atoms with Crippen molar-refractivity contribution in [3.63, 3.8) is 0 Å². The predicted octanol–water partition coefficient (Wildman–Crippen LogP) is 2.27. The average molecular weight is 253 g/mol. The molecule has 17 heavy (non-hydrogen) atoms. The van der Waals surface area contributed by atoms with Gasteiger partial charge in [0.1, 0.15) is 0 Å². The van der Waals surface area contributed by atoms with Crippen molar-refractivity contribution in [3.05, 3.63) is 34.9 Å². The van der Waals surface area contributed by atoms with Crippen LogP contribution in [0.3, 0.4) is 0 Å². The fourth-order valence-electron chi connectivity index (χ4n) is 2.14. The largest absolute Gasteiger partial charge is 0.355 e. The smallest absolute Gasteiger partial charge is 0.237 e. The molecular formula is C13H17ClN2O. The van der Waals surface area contributed by atoms with Crippen LogP contribution in [0.1, 0.15) is 31.4 Å². The number of halogens is 1. The van der Waals surface area contributed by atoms with E-state index in [0.29, 0.717) is 0 Å². The summed E-state index contributed by atoms with van der Waals surface area (Å²) in [4.78, 5) is 11.5. The van der Waals surface area contributed by atoms with Gasteiger partial charge in [-0.05, 0) is 30.5 Å². The molecule has 2 rings (SSSR count). The molecule has 1 amide bonds. The van der Waals surface area contributed by atoms with E-state index in [-0.39, 0.29) is 18.0 Å². The van der Waals surface area contributed by atoms with Gasteiger partial charge in [0.2, 0.25) is 5.91 Å². The zero-order valence-electron chi connectivity index (χ0n) is 9.87. The van der Waals surface area contributed by atoms with Gasteiger partial charge in [-0.15, -0.1) is 0 Å². The quantitative estimate of drug-likeness (QED) is 0.863. The molecule has 1 aromatic rings. The lowest BCUT2D eigenvalue weighted by molar-refractivity contribution is -0.121. The molecule has 0 radical (unpaired) electrons. The third kappa shape index (κ3) is 2.99. The van der Waals surface area contributed by atoms with Gasteiger partial charge in [0.05, 0.1) is 6.04 Å². The normalized spacial score (nSPS) is 21.3. The SMILES string of the molecule is CC[C@H](N[C@@H]1CCNC1=O)c1ccc(Cl)cc1. The number of hydrogen-bond acceptors (Lipinski definition) is 2. The van der Waals surface area contributed by atoms with E-state index in [0.717, 1.165) is 24.4 Å². The molecule has 0 saturated carbocycles. The molecule has 0 aliphatic carbocycles. The second-order valence-corrected chi connectivity index (χ2v) is 4.75. The van der Waals surface area contributed by atoms with Gasteiger partial charge in [-0.1, -0.05) is 30.7 Å². The van der Waals surface area contributed by atoms with E-state index in [1.54, 1.807) is 0 Å². The van der Waals surface area contributed by atoms with Gasteiger partial charge in [-0.25, -0.2) is 0 Å². The van der Waals surface area contributed by atoms with Crippen LogP contribution in [0.2, 0.25) is 5.02 Å². The molecular weight excluding hydrogens is 236 g/mol. The third-order valence-electron chi connectivity index (χ3n) is 3.13. The Bertz CT molecular complexity index is 391. The first-order chi connectivity index (χ1) is 8.20. The van der Waals surface area contributed by atoms with Crippen LogP contribution >= 0.6 is 11.6 Å². The number of carbonyl (C=O) groups is 1. The molecule has 1 saturated heterocycles. The molecule has 3 nitrogen and oxygen atoms in total. The molecule has 1 fully saturated rings. The van der Waals surface area contributed by atoms with Crippen LogP contribution in [0.4, 0.5) is 0 Å². The Morgan fingerprint density at radius 2 is 2.18 bits per heavy atom. The van der Waals surface area contributed by atoms with Crippen LogP contribution in [0.15, 0.2) is 24.3 Å². The van der Waals surface area contributed by atoms with Gasteiger partial charge < -0.3 is 5.32 Å². The first-order valence-corrected chi connectivity index (χ1v) is 6.37. The van der Waals surface area contributed by atoms with Crippen molar-refractivity contribution >= 4 is 17.5 Å². The van der Waals surface area contributed by atoms with Crippen molar-refractivity contribution in [3.8, 4) is 0 Å². The molecule has 0 bridgehead atoms. The van der Waals surface area contributed by atoms with Crippen LogP contribution in [0.25, 0.3) is 0 Å². The number of hydrogen-bond donors (Lipinski definition) is 2. The van der Waals surface area contributed by atoms with Gasteiger partial charge in [-0.2, -0.15) is 0 Å². The fourth-order valence-corrected chi connectivity index (χ4v) is 2.27. The van der Waals surface area contributed by atoms with Crippen molar-refractivity contribution < 1.29 is 4.79 Å². The van der Waals surface area contributed by atoms with E-state index in [4.69, 9.17) is 11.6 Å². The van der Waals surface area contributed by atoms with Crippen LogP contribution in [0, 0.1) is 0 Å². The highest BCUT2D eigenvalue weighted by Gasteiger charge is 2.26. The number of nitrogens with one attached hydrogen (secondary N) is 2. The molecule has 0 unspecified atom stereocenters. The third-order valence-corrected chi connectivity index (χ3v) is 3.38. The number of rotatable bonds is 4. The Morgan fingerprint density at radius 1 is 1.47 bits per heavy atom. The Kier molecular flexibility index (Phi) is 4.02. The van der Waals surface area contributed by atoms with E-state index in [2.05, 4.69) is 17.6 Å². The average Bonchev–Trinajstić information content (AvgIpc) is 2.73. The zero-order valence-corrected chi connectivity index (χ0v) is 10.6. The summed E-state index contributed by atoms with van der Waals surface area (Å²) in [6, 6.07) is 7.94. The Balaban J connectivity index is 2.05. The van der Waals surface area contributed by atoms with Crippen LogP contribution in [-0.2, 0) is 4.79 Å². The minimum absolute atomic E-state index is 0.0596. The lowest BCUT2D eigenvalue weighted by atomic mass is 10.0. The molecule has 1 aliphatic rings. The monoisotopic (exact) mass is 252 g/mol. The first-order valence-electron chi connectivity index (χ1n) is 6.00. The van der Waals surface area contributed by atoms with Crippen LogP contribution < -0.4 is 10.6 Å². The standard InChI is InChI=1S/C13H17ClN2O/c1-2-11(9-3-5-10(14)6-4-9)16-12-7-8-15-13(12)17/h3-6,11-12,16H,2,7-8H2,1H3,(H,15,17)/t11-,12+/m0/s1. The molecule has 2 atom stereocenters. The Hall–Kier alpha value is -1.06. The van der Waals surface area contributed by atoms with Gasteiger partial charge in [0.25, 0.3) is 0 Å². The number of amides is 1. The van der Waals surface area contributed by atoms with E-state index in [1.165, 1.54) is 5.56 Å². The highest BCUT2D eigenvalue weighted by atomic mass is 35.5. The lowest BCUT2D eigenvalue weighted by Crippen LogP contribution is -2.38. The van der Waals surface area contributed by atoms with Gasteiger partial charge in [0.15, 0.2) is 0 Å². The maximum atomic E-state index is 11.5. The maximum absolute atomic E-state index is 11.5. The first kappa shape index (κ1) is 12.4. The molecule has 92 valence electrons. The van der Waals surface area contributed by atoms with Gasteiger partial charge >= 0.3 is 0 Å². The topological polar surface area (TPSA) is 41.1 Å². The summed E-state index contributed by atoms with van der Waals surface area (Å²) in [5.41, 5.74) is 1.18. The molecule has 0 spiro atoms. The highest BCUT2D eigenvalue weighted by Crippen LogP contribution is 2.20. The second kappa shape index (κ2) is 5.52. The minimum atomic E-state index is -0.0596. The highest BCUT2D eigenvalue weighted by molar-refractivity contribution is 6.30. The van der Waals surface area contributed by atoms with Crippen molar-refractivity contribution in [2.75, 3.05) is 6.54 Å². The van der Waals surface area contributed by atoms with E-state index in [9.17, 15) is 4.79 Å². The van der Waals surface area contributed by atoms with E-state index in [1.807, 2.05) is 24.3 Å². The number of benzene rings is 1. The molecule has 1 aromatic carbocycles. The lowest BCUT2D eigenvalue weighted by Gasteiger charge is -2.20. The van der Waals surface area contributed by atoms with Crippen LogP contribution in [0.5, 0.6) is 0 Å². The summed E-state index contributed by atoms with van der Waals surface area (Å²) in [5.74, 6) is 0.109. The maximum Gasteiger partial charge on any atom is 0.237 e. The second-order valence-electron chi connectivity index (χ2n) is 4.31. The summed E-state index contributed by atoms with van der Waals surface area (Å²) < 4.78 is 0. The van der Waals surface area contributed by atoms with Gasteiger partial charge in [-0.3, -0.25) is 10.1 Å². The van der Waals surface area contributed by atoms with E-state index >= 15 is 0 Å². The van der Waals surface area contributed by atoms with Crippen molar-refractivity contribution in [1.82, 2.24) is 10.6 Å². The van der Waals surface area contributed by atoms with Crippen molar-refractivity contribution in [2.45, 2.75) is 31.8 Å². The summed E-state index contributed by atoms with van der Waals surface area (Å²) in [6.45, 7) is 2.88. The summed E-state index contributed by atoms with van der Waals surface area (Å²) >= 11 is 5.87. The Labute approximate surface area is 107 Å². The van der Waals surface area contributed by atoms with Crippen molar-refractivity contribution in [2.24, 2.45) is 0 Å². The zero-order chi connectivity index (χ0) is 12.3. The van der Waals surface area contributed by atoms with Gasteiger partial charge in [0, 0.05) is 17.6 Å².